The van der Waals surface area contributed by atoms with Crippen molar-refractivity contribution in [2.75, 3.05) is 6.54 Å². The molecule has 0 spiro atoms. The van der Waals surface area contributed by atoms with Gasteiger partial charge in [0.15, 0.2) is 0 Å². The van der Waals surface area contributed by atoms with Gasteiger partial charge in [-0.1, -0.05) is 25.5 Å². The van der Waals surface area contributed by atoms with Crippen LogP contribution in [-0.2, 0) is 0 Å². The Morgan fingerprint density at radius 1 is 1.20 bits per heavy atom. The fraction of sp³-hybridized carbons (Fsp3) is 0.467. The topological polar surface area (TPSA) is 86.6 Å². The number of benzene rings is 1. The molecule has 0 aliphatic carbocycles. The van der Waals surface area contributed by atoms with Gasteiger partial charge in [-0.15, -0.1) is 0 Å². The maximum Gasteiger partial charge on any atom is 0.336 e. The highest BCUT2D eigenvalue weighted by Gasteiger charge is 2.21. The van der Waals surface area contributed by atoms with Crippen molar-refractivity contribution in [3.63, 3.8) is 0 Å². The van der Waals surface area contributed by atoms with E-state index in [1.54, 1.807) is 26.0 Å². The Hall–Kier alpha value is -1.88. The second-order valence-electron chi connectivity index (χ2n) is 4.91. The molecule has 0 aliphatic rings. The quantitative estimate of drug-likeness (QED) is 0.742. The Bertz CT molecular complexity index is 511. The molecular weight excluding hydrogens is 258 g/mol. The van der Waals surface area contributed by atoms with E-state index in [0.29, 0.717) is 17.5 Å². The molecule has 1 aromatic rings. The van der Waals surface area contributed by atoms with Crippen LogP contribution >= 0.6 is 0 Å². The van der Waals surface area contributed by atoms with Gasteiger partial charge in [0.2, 0.25) is 0 Å². The summed E-state index contributed by atoms with van der Waals surface area (Å²) in [7, 11) is 0. The molecule has 0 aromatic heterocycles. The lowest BCUT2D eigenvalue weighted by Crippen LogP contribution is -2.33. The molecule has 3 N–H and O–H groups in total. The van der Waals surface area contributed by atoms with Crippen molar-refractivity contribution >= 4 is 11.9 Å². The molecule has 0 fully saturated rings. The zero-order chi connectivity index (χ0) is 15.3. The minimum Gasteiger partial charge on any atom is -0.478 e. The molecule has 1 unspecified atom stereocenters. The monoisotopic (exact) mass is 279 g/mol. The van der Waals surface area contributed by atoms with E-state index in [1.807, 2.05) is 6.92 Å². The third-order valence-electron chi connectivity index (χ3n) is 3.18. The summed E-state index contributed by atoms with van der Waals surface area (Å²) in [6.45, 7) is 5.42. The van der Waals surface area contributed by atoms with E-state index >= 15 is 0 Å². The van der Waals surface area contributed by atoms with Crippen LogP contribution in [0.15, 0.2) is 12.1 Å². The third-order valence-corrected chi connectivity index (χ3v) is 3.18. The Balaban J connectivity index is 2.98. The van der Waals surface area contributed by atoms with E-state index < -0.39 is 18.0 Å². The number of carbonyl (C=O) groups excluding carboxylic acids is 1. The van der Waals surface area contributed by atoms with Crippen LogP contribution in [0.1, 0.15) is 51.6 Å². The first-order valence-electron chi connectivity index (χ1n) is 6.68. The highest BCUT2D eigenvalue weighted by Crippen LogP contribution is 2.18. The molecule has 0 radical (unpaired) electrons. The van der Waals surface area contributed by atoms with Gasteiger partial charge in [0, 0.05) is 6.54 Å². The summed E-state index contributed by atoms with van der Waals surface area (Å²) in [5.74, 6) is -1.58. The average Bonchev–Trinajstić information content (AvgIpc) is 2.38. The lowest BCUT2D eigenvalue weighted by atomic mass is 9.96. The van der Waals surface area contributed by atoms with Crippen LogP contribution in [0.4, 0.5) is 0 Å². The fourth-order valence-electron chi connectivity index (χ4n) is 2.11. The zero-order valence-electron chi connectivity index (χ0n) is 12.1. The Morgan fingerprint density at radius 3 is 2.25 bits per heavy atom. The number of carboxylic acid groups (broad SMARTS) is 1. The smallest absolute Gasteiger partial charge is 0.336 e. The molecule has 1 rings (SSSR count). The van der Waals surface area contributed by atoms with Gasteiger partial charge in [0.1, 0.15) is 0 Å². The van der Waals surface area contributed by atoms with Gasteiger partial charge in [-0.3, -0.25) is 4.79 Å². The van der Waals surface area contributed by atoms with Crippen molar-refractivity contribution in [1.29, 1.82) is 0 Å². The number of rotatable bonds is 6. The van der Waals surface area contributed by atoms with E-state index in [0.717, 1.165) is 6.42 Å². The molecule has 1 amide bonds. The summed E-state index contributed by atoms with van der Waals surface area (Å²) >= 11 is 0. The minimum atomic E-state index is -1.12. The van der Waals surface area contributed by atoms with Crippen LogP contribution < -0.4 is 5.32 Å². The highest BCUT2D eigenvalue weighted by molar-refractivity contribution is 6.06. The van der Waals surface area contributed by atoms with Gasteiger partial charge in [0.25, 0.3) is 5.91 Å². The predicted molar refractivity (Wildman–Crippen MR) is 76.1 cm³/mol. The van der Waals surface area contributed by atoms with Crippen LogP contribution in [0, 0.1) is 13.8 Å². The molecule has 5 heteroatoms. The number of hydrogen-bond donors (Lipinski definition) is 3. The molecule has 0 bridgehead atoms. The van der Waals surface area contributed by atoms with Gasteiger partial charge in [0.05, 0.1) is 17.2 Å². The molecule has 5 nitrogen and oxygen atoms in total. The summed E-state index contributed by atoms with van der Waals surface area (Å²) in [6, 6.07) is 3.40. The number of amides is 1. The van der Waals surface area contributed by atoms with Crippen molar-refractivity contribution in [1.82, 2.24) is 5.32 Å². The molecule has 1 atom stereocenters. The first-order valence-corrected chi connectivity index (χ1v) is 6.68. The summed E-state index contributed by atoms with van der Waals surface area (Å²) < 4.78 is 0. The summed E-state index contributed by atoms with van der Waals surface area (Å²) in [4.78, 5) is 23.5. The second kappa shape index (κ2) is 7.05. The number of aromatic carboxylic acids is 1. The van der Waals surface area contributed by atoms with Crippen molar-refractivity contribution in [2.24, 2.45) is 0 Å². The minimum absolute atomic E-state index is 0.0208. The van der Waals surface area contributed by atoms with Crippen molar-refractivity contribution < 1.29 is 19.8 Å². The third kappa shape index (κ3) is 3.81. The number of nitrogens with one attached hydrogen (secondary N) is 1. The Morgan fingerprint density at radius 2 is 1.75 bits per heavy atom. The number of carbonyl (C=O) groups is 2. The number of aliphatic hydroxyl groups is 1. The lowest BCUT2D eigenvalue weighted by molar-refractivity contribution is 0.0689. The van der Waals surface area contributed by atoms with E-state index in [9.17, 15) is 19.8 Å². The Labute approximate surface area is 118 Å². The number of aryl methyl sites for hydroxylation is 2. The zero-order valence-corrected chi connectivity index (χ0v) is 12.1. The van der Waals surface area contributed by atoms with Crippen LogP contribution in [-0.4, -0.2) is 34.7 Å². The maximum absolute atomic E-state index is 12.2. The van der Waals surface area contributed by atoms with Crippen molar-refractivity contribution in [3.8, 4) is 0 Å². The van der Waals surface area contributed by atoms with Gasteiger partial charge in [-0.2, -0.15) is 0 Å². The molecule has 110 valence electrons. The molecule has 1 aromatic carbocycles. The molecular formula is C15H21NO4. The average molecular weight is 279 g/mol. The van der Waals surface area contributed by atoms with Gasteiger partial charge in [-0.25, -0.2) is 4.79 Å². The van der Waals surface area contributed by atoms with Crippen LogP contribution in [0.5, 0.6) is 0 Å². The van der Waals surface area contributed by atoms with Crippen molar-refractivity contribution in [3.05, 3.63) is 34.4 Å². The summed E-state index contributed by atoms with van der Waals surface area (Å²) in [5.41, 5.74) is 1.34. The van der Waals surface area contributed by atoms with Gasteiger partial charge in [-0.05, 0) is 31.4 Å². The van der Waals surface area contributed by atoms with E-state index in [1.165, 1.54) is 0 Å². The molecule has 0 heterocycles. The first kappa shape index (κ1) is 16.2. The molecule has 0 saturated carbocycles. The van der Waals surface area contributed by atoms with Crippen LogP contribution in [0.2, 0.25) is 0 Å². The second-order valence-corrected chi connectivity index (χ2v) is 4.91. The SMILES string of the molecule is CCCC(O)CNC(=O)c1c(C)ccc(C)c1C(=O)O. The highest BCUT2D eigenvalue weighted by atomic mass is 16.4. The van der Waals surface area contributed by atoms with Crippen LogP contribution in [0.25, 0.3) is 0 Å². The van der Waals surface area contributed by atoms with Crippen LogP contribution in [0.3, 0.4) is 0 Å². The largest absolute Gasteiger partial charge is 0.478 e. The van der Waals surface area contributed by atoms with Gasteiger partial charge < -0.3 is 15.5 Å². The molecule has 0 aliphatic heterocycles. The fourth-order valence-corrected chi connectivity index (χ4v) is 2.11. The van der Waals surface area contributed by atoms with E-state index in [-0.39, 0.29) is 17.7 Å². The summed E-state index contributed by atoms with van der Waals surface area (Å²) in [5, 5.41) is 21.5. The van der Waals surface area contributed by atoms with Gasteiger partial charge >= 0.3 is 5.97 Å². The number of hydrogen-bond acceptors (Lipinski definition) is 3. The maximum atomic E-state index is 12.2. The van der Waals surface area contributed by atoms with E-state index in [4.69, 9.17) is 0 Å². The molecule has 0 saturated heterocycles. The standard InChI is InChI=1S/C15H21NO4/c1-4-5-11(17)8-16-14(18)12-9(2)6-7-10(3)13(12)15(19)20/h6-7,11,17H,4-5,8H2,1-3H3,(H,16,18)(H,19,20). The predicted octanol–water partition coefficient (Wildman–Crippen LogP) is 1.89. The number of aliphatic hydroxyl groups excluding tert-OH is 1. The van der Waals surface area contributed by atoms with E-state index in [2.05, 4.69) is 5.32 Å². The Kier molecular flexibility index (Phi) is 5.70. The first-order chi connectivity index (χ1) is 9.38. The van der Waals surface area contributed by atoms with Crippen molar-refractivity contribution in [2.45, 2.75) is 39.7 Å². The summed E-state index contributed by atoms with van der Waals surface area (Å²) in [6.07, 6.45) is 0.807. The molecule has 20 heavy (non-hydrogen) atoms. The normalized spacial score (nSPS) is 12.0. The lowest BCUT2D eigenvalue weighted by Gasteiger charge is -2.14. The number of carboxylic acids is 1.